The summed E-state index contributed by atoms with van der Waals surface area (Å²) < 4.78 is 6.88. The number of fused-ring (bicyclic) bond motifs is 1. The van der Waals surface area contributed by atoms with Crippen LogP contribution in [0.4, 0.5) is 5.95 Å². The van der Waals surface area contributed by atoms with Gasteiger partial charge in [-0.15, -0.1) is 0 Å². The second kappa shape index (κ2) is 8.35. The van der Waals surface area contributed by atoms with Gasteiger partial charge in [-0.1, -0.05) is 11.6 Å². The van der Waals surface area contributed by atoms with Crippen molar-refractivity contribution >= 4 is 28.8 Å². The van der Waals surface area contributed by atoms with Gasteiger partial charge in [-0.25, -0.2) is 15.0 Å². The molecule has 156 valence electrons. The van der Waals surface area contributed by atoms with E-state index in [4.69, 9.17) is 21.4 Å². The van der Waals surface area contributed by atoms with Crippen molar-refractivity contribution in [2.24, 2.45) is 4.99 Å². The van der Waals surface area contributed by atoms with Crippen molar-refractivity contribution in [3.63, 3.8) is 0 Å². The van der Waals surface area contributed by atoms with Crippen LogP contribution in [0.3, 0.4) is 0 Å². The summed E-state index contributed by atoms with van der Waals surface area (Å²) in [5, 5.41) is 23.0. The molecule has 0 radical (unpaired) electrons. The SMILES string of the molecule is O[C@@H]1COCC/C1=N\c1ncc(Cl)c(-c2cnn3nc(C4CCNCC4)ccc23)n1. The third-order valence-electron chi connectivity index (χ3n) is 5.56. The molecule has 5 heterocycles. The molecular formula is C20H22ClN7O2. The molecule has 0 bridgehead atoms. The van der Waals surface area contributed by atoms with E-state index < -0.39 is 6.10 Å². The first kappa shape index (κ1) is 19.5. The fourth-order valence-electron chi connectivity index (χ4n) is 3.90. The highest BCUT2D eigenvalue weighted by molar-refractivity contribution is 6.33. The molecule has 30 heavy (non-hydrogen) atoms. The minimum atomic E-state index is -0.740. The summed E-state index contributed by atoms with van der Waals surface area (Å²) in [5.74, 6) is 0.697. The van der Waals surface area contributed by atoms with Crippen molar-refractivity contribution in [1.29, 1.82) is 0 Å². The molecule has 10 heteroatoms. The molecule has 2 aliphatic rings. The molecule has 3 aromatic heterocycles. The Bertz CT molecular complexity index is 1090. The number of hydrogen-bond donors (Lipinski definition) is 2. The van der Waals surface area contributed by atoms with Crippen molar-refractivity contribution in [3.8, 4) is 11.3 Å². The molecule has 0 amide bonds. The molecule has 0 aromatic carbocycles. The van der Waals surface area contributed by atoms with E-state index in [1.165, 1.54) is 6.20 Å². The van der Waals surface area contributed by atoms with Crippen LogP contribution in [0.2, 0.25) is 5.02 Å². The van der Waals surface area contributed by atoms with Gasteiger partial charge in [-0.05, 0) is 38.1 Å². The molecule has 0 spiro atoms. The number of nitrogens with one attached hydrogen (secondary N) is 1. The Morgan fingerprint density at radius 2 is 2.10 bits per heavy atom. The molecule has 0 saturated carbocycles. The molecule has 0 unspecified atom stereocenters. The van der Waals surface area contributed by atoms with Crippen molar-refractivity contribution in [1.82, 2.24) is 30.1 Å². The number of aliphatic hydroxyl groups is 1. The van der Waals surface area contributed by atoms with Gasteiger partial charge in [-0.3, -0.25) is 0 Å². The highest BCUT2D eigenvalue weighted by atomic mass is 35.5. The Morgan fingerprint density at radius 1 is 1.23 bits per heavy atom. The van der Waals surface area contributed by atoms with E-state index in [0.717, 1.165) is 42.7 Å². The predicted molar refractivity (Wildman–Crippen MR) is 112 cm³/mol. The zero-order chi connectivity index (χ0) is 20.5. The molecule has 5 rings (SSSR count). The van der Waals surface area contributed by atoms with Crippen LogP contribution in [-0.2, 0) is 4.74 Å². The summed E-state index contributed by atoms with van der Waals surface area (Å²) in [7, 11) is 0. The van der Waals surface area contributed by atoms with E-state index in [1.54, 1.807) is 10.8 Å². The van der Waals surface area contributed by atoms with Crippen LogP contribution in [0, 0.1) is 0 Å². The normalized spacial score (nSPS) is 22.1. The first-order chi connectivity index (χ1) is 14.7. The number of piperidine rings is 1. The Labute approximate surface area is 178 Å². The molecule has 2 saturated heterocycles. The van der Waals surface area contributed by atoms with E-state index >= 15 is 0 Å². The zero-order valence-corrected chi connectivity index (χ0v) is 17.1. The van der Waals surface area contributed by atoms with Crippen LogP contribution in [0.5, 0.6) is 0 Å². The second-order valence-corrected chi connectivity index (χ2v) is 7.93. The minimum Gasteiger partial charge on any atom is -0.385 e. The van der Waals surface area contributed by atoms with Crippen LogP contribution in [0.25, 0.3) is 16.8 Å². The number of aromatic nitrogens is 5. The largest absolute Gasteiger partial charge is 0.385 e. The summed E-state index contributed by atoms with van der Waals surface area (Å²) in [4.78, 5) is 13.2. The number of halogens is 1. The fraction of sp³-hybridized carbons (Fsp3) is 0.450. The van der Waals surface area contributed by atoms with Crippen molar-refractivity contribution in [2.75, 3.05) is 26.3 Å². The quantitative estimate of drug-likeness (QED) is 0.659. The van der Waals surface area contributed by atoms with Gasteiger partial charge in [-0.2, -0.15) is 14.8 Å². The lowest BCUT2D eigenvalue weighted by molar-refractivity contribution is 0.0528. The van der Waals surface area contributed by atoms with E-state index in [9.17, 15) is 5.11 Å². The van der Waals surface area contributed by atoms with Crippen molar-refractivity contribution in [2.45, 2.75) is 31.3 Å². The lowest BCUT2D eigenvalue weighted by Crippen LogP contribution is -2.32. The summed E-state index contributed by atoms with van der Waals surface area (Å²) in [6.45, 7) is 2.78. The van der Waals surface area contributed by atoms with Crippen molar-refractivity contribution in [3.05, 3.63) is 35.2 Å². The summed E-state index contributed by atoms with van der Waals surface area (Å²) >= 11 is 6.41. The predicted octanol–water partition coefficient (Wildman–Crippen LogP) is 2.16. The fourth-order valence-corrected chi connectivity index (χ4v) is 4.10. The maximum Gasteiger partial charge on any atom is 0.249 e. The summed E-state index contributed by atoms with van der Waals surface area (Å²) in [6.07, 6.45) is 5.19. The van der Waals surface area contributed by atoms with Gasteiger partial charge >= 0.3 is 0 Å². The number of aliphatic hydroxyl groups excluding tert-OH is 1. The maximum absolute atomic E-state index is 10.0. The first-order valence-electron chi connectivity index (χ1n) is 10.1. The van der Waals surface area contributed by atoms with Crippen LogP contribution in [0.15, 0.2) is 29.5 Å². The Balaban J connectivity index is 1.49. The van der Waals surface area contributed by atoms with Gasteiger partial charge < -0.3 is 15.2 Å². The van der Waals surface area contributed by atoms with Gasteiger partial charge in [0, 0.05) is 17.9 Å². The average Bonchev–Trinajstić information content (AvgIpc) is 3.20. The Hall–Kier alpha value is -2.46. The van der Waals surface area contributed by atoms with E-state index in [2.05, 4.69) is 31.4 Å². The Kier molecular flexibility index (Phi) is 5.43. The number of ether oxygens (including phenoxy) is 1. The number of aliphatic imine (C=N–C) groups is 1. The third kappa shape index (κ3) is 3.81. The van der Waals surface area contributed by atoms with Gasteiger partial charge in [0.05, 0.1) is 53.2 Å². The molecule has 9 nitrogen and oxygen atoms in total. The molecule has 2 N–H and O–H groups in total. The van der Waals surface area contributed by atoms with E-state index in [1.807, 2.05) is 6.07 Å². The van der Waals surface area contributed by atoms with Gasteiger partial charge in [0.25, 0.3) is 0 Å². The molecule has 2 fully saturated rings. The van der Waals surface area contributed by atoms with Gasteiger partial charge in [0.2, 0.25) is 5.95 Å². The monoisotopic (exact) mass is 427 g/mol. The average molecular weight is 428 g/mol. The molecule has 1 atom stereocenters. The number of nitrogens with zero attached hydrogens (tertiary/aromatic N) is 6. The molecular weight excluding hydrogens is 406 g/mol. The van der Waals surface area contributed by atoms with Crippen LogP contribution >= 0.6 is 11.6 Å². The topological polar surface area (TPSA) is 110 Å². The molecule has 3 aromatic rings. The Morgan fingerprint density at radius 3 is 2.93 bits per heavy atom. The summed E-state index contributed by atoms with van der Waals surface area (Å²) in [6, 6.07) is 4.07. The maximum atomic E-state index is 10.0. The highest BCUT2D eigenvalue weighted by Gasteiger charge is 2.21. The van der Waals surface area contributed by atoms with Crippen LogP contribution in [-0.4, -0.2) is 68.0 Å². The van der Waals surface area contributed by atoms with Gasteiger partial charge in [0.1, 0.15) is 6.10 Å². The standard InChI is InChI=1S/C20H22ClN7O2/c21-14-10-23-20(25-16-5-8-30-11-18(16)29)26-19(14)13-9-24-28-17(13)2-1-15(27-28)12-3-6-22-7-4-12/h1-2,9-10,12,18,22,29H,3-8,11H2/b25-16+/t18-/m1/s1. The zero-order valence-electron chi connectivity index (χ0n) is 16.3. The second-order valence-electron chi connectivity index (χ2n) is 7.53. The van der Waals surface area contributed by atoms with Crippen LogP contribution < -0.4 is 5.32 Å². The van der Waals surface area contributed by atoms with Gasteiger partial charge in [0.15, 0.2) is 0 Å². The third-order valence-corrected chi connectivity index (χ3v) is 5.84. The molecule has 0 aliphatic carbocycles. The lowest BCUT2D eigenvalue weighted by atomic mass is 9.94. The van der Waals surface area contributed by atoms with E-state index in [-0.39, 0.29) is 12.6 Å². The van der Waals surface area contributed by atoms with Crippen molar-refractivity contribution < 1.29 is 9.84 Å². The van der Waals surface area contributed by atoms with Crippen LogP contribution in [0.1, 0.15) is 30.9 Å². The first-order valence-corrected chi connectivity index (χ1v) is 10.5. The lowest BCUT2D eigenvalue weighted by Gasteiger charge is -2.21. The highest BCUT2D eigenvalue weighted by Crippen LogP contribution is 2.31. The van der Waals surface area contributed by atoms with E-state index in [0.29, 0.717) is 35.4 Å². The smallest absolute Gasteiger partial charge is 0.249 e. The number of hydrogen-bond acceptors (Lipinski definition) is 8. The minimum absolute atomic E-state index is 0.235. The summed E-state index contributed by atoms with van der Waals surface area (Å²) in [5.41, 5.74) is 3.79. The molecule has 2 aliphatic heterocycles. The number of rotatable bonds is 3.